The normalized spacial score (nSPS) is 11.9. The van der Waals surface area contributed by atoms with Crippen LogP contribution in [-0.4, -0.2) is 18.6 Å². The molecule has 0 aliphatic carbocycles. The fourth-order valence-corrected chi connectivity index (χ4v) is 2.01. The highest BCUT2D eigenvalue weighted by molar-refractivity contribution is 5.89. The summed E-state index contributed by atoms with van der Waals surface area (Å²) in [5, 5.41) is 4.91. The molecular weight excluding hydrogens is 326 g/mol. The zero-order chi connectivity index (χ0) is 17.7. The topological polar surface area (TPSA) is 67.1 Å². The van der Waals surface area contributed by atoms with Gasteiger partial charge in [0.05, 0.1) is 0 Å². The molecule has 2 aromatic carbocycles. The predicted molar refractivity (Wildman–Crippen MR) is 81.4 cm³/mol. The molecule has 2 rings (SSSR count). The van der Waals surface area contributed by atoms with Crippen molar-refractivity contribution in [1.82, 2.24) is 5.32 Å². The summed E-state index contributed by atoms with van der Waals surface area (Å²) in [6.07, 6.45) is -0.0835. The van der Waals surface area contributed by atoms with Crippen LogP contribution in [-0.2, 0) is 6.42 Å². The first kappa shape index (κ1) is 17.7. The second-order valence-corrected chi connectivity index (χ2v) is 5.16. The van der Waals surface area contributed by atoms with Crippen LogP contribution in [0.25, 0.3) is 0 Å². The molecule has 8 heteroatoms. The summed E-state index contributed by atoms with van der Waals surface area (Å²) in [4.78, 5) is 11.7. The monoisotopic (exact) mass is 341 g/mol. The molecule has 0 aliphatic rings. The molecular formula is C16H15F4N3O. The van der Waals surface area contributed by atoms with Crippen LogP contribution in [0.4, 0.5) is 28.0 Å². The minimum absolute atomic E-state index is 0.0224. The Hall–Kier alpha value is -2.61. The van der Waals surface area contributed by atoms with Gasteiger partial charge in [0.25, 0.3) is 0 Å². The van der Waals surface area contributed by atoms with Gasteiger partial charge >= 0.3 is 6.03 Å². The van der Waals surface area contributed by atoms with Crippen LogP contribution >= 0.6 is 0 Å². The van der Waals surface area contributed by atoms with Gasteiger partial charge in [0, 0.05) is 24.3 Å². The molecule has 24 heavy (non-hydrogen) atoms. The van der Waals surface area contributed by atoms with E-state index >= 15 is 0 Å². The minimum atomic E-state index is -1.28. The maximum atomic E-state index is 13.5. The highest BCUT2D eigenvalue weighted by Gasteiger charge is 2.14. The first-order valence-corrected chi connectivity index (χ1v) is 7.04. The Morgan fingerprint density at radius 1 is 1.00 bits per heavy atom. The Labute approximate surface area is 135 Å². The second kappa shape index (κ2) is 7.78. The zero-order valence-electron chi connectivity index (χ0n) is 12.5. The summed E-state index contributed by atoms with van der Waals surface area (Å²) in [6.45, 7) is -0.0224. The number of anilines is 1. The summed E-state index contributed by atoms with van der Waals surface area (Å²) in [5.41, 5.74) is 6.05. The lowest BCUT2D eigenvalue weighted by molar-refractivity contribution is 0.251. The zero-order valence-corrected chi connectivity index (χ0v) is 12.5. The van der Waals surface area contributed by atoms with Crippen LogP contribution in [0.1, 0.15) is 5.56 Å². The lowest BCUT2D eigenvalue weighted by Gasteiger charge is -2.14. The Balaban J connectivity index is 1.84. The van der Waals surface area contributed by atoms with Crippen molar-refractivity contribution in [3.63, 3.8) is 0 Å². The Kier molecular flexibility index (Phi) is 5.75. The number of amides is 2. The van der Waals surface area contributed by atoms with Crippen molar-refractivity contribution in [2.45, 2.75) is 12.5 Å². The lowest BCUT2D eigenvalue weighted by Crippen LogP contribution is -2.40. The molecule has 0 saturated heterocycles. The van der Waals surface area contributed by atoms with Crippen LogP contribution in [0.3, 0.4) is 0 Å². The first-order chi connectivity index (χ1) is 11.3. The van der Waals surface area contributed by atoms with E-state index in [2.05, 4.69) is 10.6 Å². The van der Waals surface area contributed by atoms with E-state index in [1.807, 2.05) is 0 Å². The lowest BCUT2D eigenvalue weighted by atomic mass is 10.1. The average Bonchev–Trinajstić information content (AvgIpc) is 2.53. The number of benzene rings is 2. The number of halogens is 4. The van der Waals surface area contributed by atoms with E-state index in [1.54, 1.807) is 0 Å². The van der Waals surface area contributed by atoms with Crippen molar-refractivity contribution in [2.24, 2.45) is 5.73 Å². The molecule has 0 aromatic heterocycles. The van der Waals surface area contributed by atoms with E-state index < -0.39 is 35.3 Å². The number of carbonyl (C=O) groups is 1. The van der Waals surface area contributed by atoms with Crippen molar-refractivity contribution in [2.75, 3.05) is 11.9 Å². The number of nitrogens with one attached hydrogen (secondary N) is 2. The van der Waals surface area contributed by atoms with E-state index in [-0.39, 0.29) is 18.5 Å². The fraction of sp³-hybridized carbons (Fsp3) is 0.188. The van der Waals surface area contributed by atoms with Gasteiger partial charge in [0.15, 0.2) is 11.6 Å². The van der Waals surface area contributed by atoms with Crippen molar-refractivity contribution in [1.29, 1.82) is 0 Å². The molecule has 2 amide bonds. The van der Waals surface area contributed by atoms with Crippen LogP contribution in [0.5, 0.6) is 0 Å². The molecule has 0 aliphatic heterocycles. The largest absolute Gasteiger partial charge is 0.336 e. The van der Waals surface area contributed by atoms with E-state index in [4.69, 9.17) is 5.73 Å². The van der Waals surface area contributed by atoms with Crippen molar-refractivity contribution in [3.8, 4) is 0 Å². The van der Waals surface area contributed by atoms with Gasteiger partial charge < -0.3 is 16.4 Å². The molecule has 0 fully saturated rings. The summed E-state index contributed by atoms with van der Waals surface area (Å²) >= 11 is 0. The standard InChI is InChI=1S/C16H15F4N3O/c17-10-1-3-12(4-2-10)23-16(24)22-8-11(21)5-9-6-14(19)15(20)7-13(9)18/h1-4,6-7,11H,5,8,21H2,(H2,22,23,24)/t11-/m0/s1. The number of carbonyl (C=O) groups excluding carboxylic acids is 1. The maximum Gasteiger partial charge on any atom is 0.319 e. The maximum absolute atomic E-state index is 13.5. The molecule has 128 valence electrons. The second-order valence-electron chi connectivity index (χ2n) is 5.16. The van der Waals surface area contributed by atoms with E-state index in [0.29, 0.717) is 11.8 Å². The van der Waals surface area contributed by atoms with Gasteiger partial charge in [-0.25, -0.2) is 22.4 Å². The number of hydrogen-bond acceptors (Lipinski definition) is 2. The summed E-state index contributed by atoms with van der Waals surface area (Å²) < 4.78 is 52.2. The highest BCUT2D eigenvalue weighted by Crippen LogP contribution is 2.15. The molecule has 0 unspecified atom stereocenters. The molecule has 4 N–H and O–H groups in total. The Morgan fingerprint density at radius 2 is 1.62 bits per heavy atom. The molecule has 1 atom stereocenters. The Morgan fingerprint density at radius 3 is 2.29 bits per heavy atom. The van der Waals surface area contributed by atoms with Gasteiger partial charge in [-0.1, -0.05) is 0 Å². The average molecular weight is 341 g/mol. The van der Waals surface area contributed by atoms with Gasteiger partial charge in [-0.2, -0.15) is 0 Å². The number of urea groups is 1. The molecule has 2 aromatic rings. The molecule has 0 spiro atoms. The third-order valence-corrected chi connectivity index (χ3v) is 3.20. The van der Waals surface area contributed by atoms with Crippen molar-refractivity contribution in [3.05, 3.63) is 65.2 Å². The van der Waals surface area contributed by atoms with Gasteiger partial charge in [-0.05, 0) is 42.3 Å². The fourth-order valence-electron chi connectivity index (χ4n) is 2.01. The van der Waals surface area contributed by atoms with Crippen molar-refractivity contribution >= 4 is 11.7 Å². The summed E-state index contributed by atoms with van der Waals surface area (Å²) in [5.74, 6) is -3.78. The highest BCUT2D eigenvalue weighted by atomic mass is 19.2. The van der Waals surface area contributed by atoms with Crippen LogP contribution in [0.15, 0.2) is 36.4 Å². The Bertz CT molecular complexity index is 722. The third-order valence-electron chi connectivity index (χ3n) is 3.20. The number of rotatable bonds is 5. The van der Waals surface area contributed by atoms with E-state index in [0.717, 1.165) is 6.07 Å². The number of hydrogen-bond donors (Lipinski definition) is 3. The summed E-state index contributed by atoms with van der Waals surface area (Å²) in [7, 11) is 0. The van der Waals surface area contributed by atoms with Gasteiger partial charge in [0.1, 0.15) is 11.6 Å². The molecule has 0 bridgehead atoms. The SMILES string of the molecule is N[C@H](CNC(=O)Nc1ccc(F)cc1)Cc1cc(F)c(F)cc1F. The third kappa shape index (κ3) is 4.95. The van der Waals surface area contributed by atoms with Gasteiger partial charge in [0.2, 0.25) is 0 Å². The smallest absolute Gasteiger partial charge is 0.319 e. The summed E-state index contributed by atoms with van der Waals surface area (Å²) in [6, 6.07) is 5.04. The molecule has 4 nitrogen and oxygen atoms in total. The first-order valence-electron chi connectivity index (χ1n) is 7.04. The van der Waals surface area contributed by atoms with Gasteiger partial charge in [-0.3, -0.25) is 0 Å². The predicted octanol–water partition coefficient (Wildman–Crippen LogP) is 2.93. The van der Waals surface area contributed by atoms with E-state index in [1.165, 1.54) is 24.3 Å². The van der Waals surface area contributed by atoms with Crippen LogP contribution in [0.2, 0.25) is 0 Å². The quantitative estimate of drug-likeness (QED) is 0.578. The van der Waals surface area contributed by atoms with Gasteiger partial charge in [-0.15, -0.1) is 0 Å². The minimum Gasteiger partial charge on any atom is -0.336 e. The van der Waals surface area contributed by atoms with Crippen molar-refractivity contribution < 1.29 is 22.4 Å². The number of nitrogens with two attached hydrogens (primary N) is 1. The van der Waals surface area contributed by atoms with Crippen LogP contribution < -0.4 is 16.4 Å². The molecule has 0 saturated carbocycles. The molecule has 0 radical (unpaired) electrons. The van der Waals surface area contributed by atoms with E-state index in [9.17, 15) is 22.4 Å². The van der Waals surface area contributed by atoms with Crippen LogP contribution in [0, 0.1) is 23.3 Å². The molecule has 0 heterocycles.